The maximum absolute atomic E-state index is 12.3. The Morgan fingerprint density at radius 3 is 2.67 bits per heavy atom. The van der Waals surface area contributed by atoms with Gasteiger partial charge in [-0.3, -0.25) is 4.79 Å². The summed E-state index contributed by atoms with van der Waals surface area (Å²) < 4.78 is 8.82. The Balaban J connectivity index is 1.65. The van der Waals surface area contributed by atoms with Crippen molar-refractivity contribution in [3.63, 3.8) is 0 Å². The van der Waals surface area contributed by atoms with Crippen molar-refractivity contribution >= 4 is 62.5 Å². The molecule has 1 unspecified atom stereocenters. The molecule has 0 fully saturated rings. The largest absolute Gasteiger partial charge is 0.481 e. The first-order valence-corrected chi connectivity index (χ1v) is 11.6. The molecule has 6 nitrogen and oxygen atoms in total. The molecule has 158 valence electrons. The van der Waals surface area contributed by atoms with E-state index in [4.69, 9.17) is 27.9 Å². The topological polar surface area (TPSA) is 69.0 Å². The van der Waals surface area contributed by atoms with Crippen LogP contribution in [-0.4, -0.2) is 26.4 Å². The van der Waals surface area contributed by atoms with Crippen LogP contribution in [0.1, 0.15) is 25.8 Å². The van der Waals surface area contributed by atoms with Crippen LogP contribution in [0.15, 0.2) is 52.1 Å². The van der Waals surface area contributed by atoms with Gasteiger partial charge in [0.15, 0.2) is 17.1 Å². The molecule has 0 saturated heterocycles. The zero-order valence-corrected chi connectivity index (χ0v) is 20.1. The number of anilines is 1. The van der Waals surface area contributed by atoms with E-state index in [1.54, 1.807) is 18.2 Å². The lowest BCUT2D eigenvalue weighted by Crippen LogP contribution is -2.15. The number of thioether (sulfide) groups is 1. The number of nitrogens with one attached hydrogen (secondary N) is 1. The van der Waals surface area contributed by atoms with E-state index >= 15 is 0 Å². The predicted octanol–water partition coefficient (Wildman–Crippen LogP) is 6.24. The van der Waals surface area contributed by atoms with Crippen LogP contribution in [-0.2, 0) is 11.3 Å². The van der Waals surface area contributed by atoms with Gasteiger partial charge < -0.3 is 14.6 Å². The molecule has 1 aromatic heterocycles. The van der Waals surface area contributed by atoms with E-state index in [1.165, 1.54) is 11.8 Å². The number of hydrogen-bond donors (Lipinski definition) is 1. The van der Waals surface area contributed by atoms with Crippen molar-refractivity contribution < 1.29 is 9.53 Å². The highest BCUT2D eigenvalue weighted by atomic mass is 79.9. The van der Waals surface area contributed by atoms with Gasteiger partial charge in [0.2, 0.25) is 5.91 Å². The molecular weight excluding hydrogens is 511 g/mol. The summed E-state index contributed by atoms with van der Waals surface area (Å²) in [4.78, 5) is 12.3. The SMILES string of the molecule is CCn1c(SCC(=O)Nc2ccc(Br)cc2)nnc1C(C)Oc1cc(Cl)ccc1Cl. The normalized spacial score (nSPS) is 11.9. The molecule has 10 heteroatoms. The first-order chi connectivity index (χ1) is 14.4. The van der Waals surface area contributed by atoms with Gasteiger partial charge in [0.05, 0.1) is 10.8 Å². The number of nitrogens with zero attached hydrogens (tertiary/aromatic N) is 3. The molecule has 30 heavy (non-hydrogen) atoms. The third-order valence-electron chi connectivity index (χ3n) is 4.08. The fraction of sp³-hybridized carbons (Fsp3) is 0.250. The Labute approximate surface area is 197 Å². The Morgan fingerprint density at radius 2 is 1.97 bits per heavy atom. The molecule has 0 spiro atoms. The number of aromatic nitrogens is 3. The Hall–Kier alpha value is -1.74. The Morgan fingerprint density at radius 1 is 1.23 bits per heavy atom. The van der Waals surface area contributed by atoms with Crippen LogP contribution in [0.3, 0.4) is 0 Å². The van der Waals surface area contributed by atoms with E-state index in [9.17, 15) is 4.79 Å². The molecule has 0 bridgehead atoms. The number of carbonyl (C=O) groups excluding carboxylic acids is 1. The molecule has 1 heterocycles. The summed E-state index contributed by atoms with van der Waals surface area (Å²) in [5.41, 5.74) is 0.738. The van der Waals surface area contributed by atoms with Crippen LogP contribution in [0.2, 0.25) is 10.0 Å². The van der Waals surface area contributed by atoms with Crippen LogP contribution in [0, 0.1) is 0 Å². The van der Waals surface area contributed by atoms with Crippen LogP contribution < -0.4 is 10.1 Å². The van der Waals surface area contributed by atoms with Crippen molar-refractivity contribution in [1.82, 2.24) is 14.8 Å². The molecule has 2 aromatic carbocycles. The first-order valence-electron chi connectivity index (χ1n) is 9.10. The van der Waals surface area contributed by atoms with Gasteiger partial charge in [0.25, 0.3) is 0 Å². The van der Waals surface area contributed by atoms with E-state index in [0.717, 1.165) is 10.2 Å². The third kappa shape index (κ3) is 5.91. The second kappa shape index (κ2) is 10.5. The van der Waals surface area contributed by atoms with Crippen molar-refractivity contribution in [3.05, 3.63) is 62.8 Å². The zero-order valence-electron chi connectivity index (χ0n) is 16.2. The lowest BCUT2D eigenvalue weighted by atomic mass is 10.3. The highest BCUT2D eigenvalue weighted by molar-refractivity contribution is 9.10. The summed E-state index contributed by atoms with van der Waals surface area (Å²) in [6.07, 6.45) is -0.403. The Kier molecular flexibility index (Phi) is 8.05. The van der Waals surface area contributed by atoms with Gasteiger partial charge in [0.1, 0.15) is 5.75 Å². The first kappa shape index (κ1) is 22.9. The number of halogens is 3. The van der Waals surface area contributed by atoms with Crippen molar-refractivity contribution in [1.29, 1.82) is 0 Å². The lowest BCUT2D eigenvalue weighted by molar-refractivity contribution is -0.113. The van der Waals surface area contributed by atoms with Crippen LogP contribution in [0.5, 0.6) is 5.75 Å². The fourth-order valence-electron chi connectivity index (χ4n) is 2.68. The summed E-state index contributed by atoms with van der Waals surface area (Å²) >= 11 is 16.9. The summed E-state index contributed by atoms with van der Waals surface area (Å²) in [7, 11) is 0. The molecule has 1 amide bonds. The average molecular weight is 530 g/mol. The second-order valence-corrected chi connectivity index (χ2v) is 8.97. The maximum atomic E-state index is 12.3. The van der Waals surface area contributed by atoms with E-state index in [2.05, 4.69) is 31.4 Å². The molecule has 0 aliphatic rings. The molecule has 0 saturated carbocycles. The summed E-state index contributed by atoms with van der Waals surface area (Å²) in [6.45, 7) is 4.48. The van der Waals surface area contributed by atoms with E-state index < -0.39 is 6.10 Å². The van der Waals surface area contributed by atoms with Gasteiger partial charge in [-0.05, 0) is 50.2 Å². The summed E-state index contributed by atoms with van der Waals surface area (Å²) in [5.74, 6) is 1.21. The third-order valence-corrected chi connectivity index (χ3v) is 6.13. The molecular formula is C20H19BrCl2N4O2S. The molecule has 0 radical (unpaired) electrons. The second-order valence-electron chi connectivity index (χ2n) is 6.26. The number of carbonyl (C=O) groups is 1. The average Bonchev–Trinajstić information content (AvgIpc) is 3.14. The van der Waals surface area contributed by atoms with Crippen LogP contribution >= 0.6 is 50.9 Å². The number of hydrogen-bond acceptors (Lipinski definition) is 5. The quantitative estimate of drug-likeness (QED) is 0.350. The number of rotatable bonds is 8. The Bertz CT molecular complexity index is 1030. The highest BCUT2D eigenvalue weighted by Crippen LogP contribution is 2.32. The molecule has 3 rings (SSSR count). The minimum Gasteiger partial charge on any atom is -0.481 e. The lowest BCUT2D eigenvalue weighted by Gasteiger charge is -2.16. The van der Waals surface area contributed by atoms with Crippen LogP contribution in [0.4, 0.5) is 5.69 Å². The minimum atomic E-state index is -0.403. The highest BCUT2D eigenvalue weighted by Gasteiger charge is 2.20. The molecule has 3 aromatic rings. The molecule has 1 atom stereocenters. The maximum Gasteiger partial charge on any atom is 0.234 e. The standard InChI is InChI=1S/C20H19BrCl2N4O2S/c1-3-27-19(12(2)29-17-10-14(22)6-9-16(17)23)25-26-20(27)30-11-18(28)24-15-7-4-13(21)5-8-15/h4-10,12H,3,11H2,1-2H3,(H,24,28). The zero-order chi connectivity index (χ0) is 21.7. The van der Waals surface area contributed by atoms with Gasteiger partial charge in [-0.2, -0.15) is 0 Å². The van der Waals surface area contributed by atoms with E-state index in [1.807, 2.05) is 42.7 Å². The fourth-order valence-corrected chi connectivity index (χ4v) is 4.07. The molecule has 1 N–H and O–H groups in total. The summed E-state index contributed by atoms with van der Waals surface area (Å²) in [6, 6.07) is 12.5. The smallest absolute Gasteiger partial charge is 0.234 e. The van der Waals surface area contributed by atoms with Gasteiger partial charge in [-0.25, -0.2) is 0 Å². The molecule has 0 aliphatic carbocycles. The number of benzene rings is 2. The van der Waals surface area contributed by atoms with Crippen molar-refractivity contribution in [3.8, 4) is 5.75 Å². The number of amides is 1. The van der Waals surface area contributed by atoms with Crippen molar-refractivity contribution in [2.75, 3.05) is 11.1 Å². The van der Waals surface area contributed by atoms with Crippen LogP contribution in [0.25, 0.3) is 0 Å². The van der Waals surface area contributed by atoms with Gasteiger partial charge in [0, 0.05) is 27.8 Å². The predicted molar refractivity (Wildman–Crippen MR) is 125 cm³/mol. The minimum absolute atomic E-state index is 0.121. The number of ether oxygens (including phenoxy) is 1. The van der Waals surface area contributed by atoms with Gasteiger partial charge in [-0.1, -0.05) is 50.9 Å². The summed E-state index contributed by atoms with van der Waals surface area (Å²) in [5, 5.41) is 13.0. The van der Waals surface area contributed by atoms with Crippen molar-refractivity contribution in [2.45, 2.75) is 31.7 Å². The van der Waals surface area contributed by atoms with Crippen molar-refractivity contribution in [2.24, 2.45) is 0 Å². The van der Waals surface area contributed by atoms with E-state index in [0.29, 0.717) is 33.3 Å². The monoisotopic (exact) mass is 528 g/mol. The van der Waals surface area contributed by atoms with E-state index in [-0.39, 0.29) is 11.7 Å². The molecule has 0 aliphatic heterocycles. The van der Waals surface area contributed by atoms with Gasteiger partial charge >= 0.3 is 0 Å². The van der Waals surface area contributed by atoms with Gasteiger partial charge in [-0.15, -0.1) is 10.2 Å².